The van der Waals surface area contributed by atoms with E-state index in [1.54, 1.807) is 4.90 Å². The highest BCUT2D eigenvalue weighted by atomic mass is 15.1. The summed E-state index contributed by atoms with van der Waals surface area (Å²) in [6.07, 6.45) is 5.11. The standard InChI is InChI=1S/C6H12N/c1-7-5-3-2-4-6-7/h3H,2,4-6H2,1H3/p+1. The molecule has 1 radical (unpaired) electrons. The van der Waals surface area contributed by atoms with E-state index >= 15 is 0 Å². The summed E-state index contributed by atoms with van der Waals surface area (Å²) in [7, 11) is 2.25. The van der Waals surface area contributed by atoms with Crippen LogP contribution in [0.25, 0.3) is 0 Å². The minimum atomic E-state index is 1.28. The molecule has 0 spiro atoms. The van der Waals surface area contributed by atoms with Crippen molar-refractivity contribution in [3.63, 3.8) is 0 Å². The van der Waals surface area contributed by atoms with Crippen LogP contribution in [0.4, 0.5) is 0 Å². The molecule has 1 aliphatic rings. The molecule has 1 fully saturated rings. The summed E-state index contributed by atoms with van der Waals surface area (Å²) in [5.41, 5.74) is 0. The van der Waals surface area contributed by atoms with Gasteiger partial charge >= 0.3 is 0 Å². The average molecular weight is 99.2 g/mol. The topological polar surface area (TPSA) is 4.44 Å². The lowest BCUT2D eigenvalue weighted by Gasteiger charge is -2.17. The molecule has 1 rings (SSSR count). The van der Waals surface area contributed by atoms with Crippen LogP contribution in [0.2, 0.25) is 0 Å². The highest BCUT2D eigenvalue weighted by Crippen LogP contribution is 1.91. The minimum Gasteiger partial charge on any atom is -0.337 e. The van der Waals surface area contributed by atoms with Crippen molar-refractivity contribution in [3.8, 4) is 0 Å². The van der Waals surface area contributed by atoms with E-state index in [1.807, 2.05) is 0 Å². The van der Waals surface area contributed by atoms with Crippen LogP contribution in [0.1, 0.15) is 12.8 Å². The molecular formula is C6H13N+. The number of rotatable bonds is 0. The Kier molecular flexibility index (Phi) is 1.69. The van der Waals surface area contributed by atoms with E-state index in [0.717, 1.165) is 0 Å². The summed E-state index contributed by atoms with van der Waals surface area (Å²) in [5, 5.41) is 0. The van der Waals surface area contributed by atoms with Gasteiger partial charge in [-0.05, 0) is 12.8 Å². The third kappa shape index (κ3) is 1.48. The largest absolute Gasteiger partial charge is 0.337 e. The van der Waals surface area contributed by atoms with Gasteiger partial charge in [-0.1, -0.05) is 0 Å². The van der Waals surface area contributed by atoms with Crippen LogP contribution < -0.4 is 4.90 Å². The highest BCUT2D eigenvalue weighted by molar-refractivity contribution is 4.64. The van der Waals surface area contributed by atoms with E-state index in [4.69, 9.17) is 0 Å². The van der Waals surface area contributed by atoms with Crippen LogP contribution in [0.5, 0.6) is 0 Å². The summed E-state index contributed by atoms with van der Waals surface area (Å²) in [5.74, 6) is 0. The van der Waals surface area contributed by atoms with Crippen LogP contribution in [-0.2, 0) is 0 Å². The van der Waals surface area contributed by atoms with Gasteiger partial charge in [-0.25, -0.2) is 0 Å². The van der Waals surface area contributed by atoms with Gasteiger partial charge in [-0.2, -0.15) is 0 Å². The lowest BCUT2D eigenvalue weighted by atomic mass is 10.1. The summed E-state index contributed by atoms with van der Waals surface area (Å²) >= 11 is 0. The Morgan fingerprint density at radius 3 is 2.71 bits per heavy atom. The molecule has 7 heavy (non-hydrogen) atoms. The fraction of sp³-hybridized carbons (Fsp3) is 0.833. The maximum absolute atomic E-state index is 2.37. The fourth-order valence-corrected chi connectivity index (χ4v) is 0.999. The maximum atomic E-state index is 2.37. The van der Waals surface area contributed by atoms with Crippen LogP contribution >= 0.6 is 0 Å². The third-order valence-electron chi connectivity index (χ3n) is 1.50. The van der Waals surface area contributed by atoms with Crippen LogP contribution in [0, 0.1) is 6.42 Å². The van der Waals surface area contributed by atoms with Gasteiger partial charge < -0.3 is 4.90 Å². The van der Waals surface area contributed by atoms with E-state index in [2.05, 4.69) is 13.5 Å². The smallest absolute Gasteiger partial charge is 0.0802 e. The quantitative estimate of drug-likeness (QED) is 0.417. The Labute approximate surface area is 45.3 Å². The Balaban J connectivity index is 2.12. The molecule has 0 bridgehead atoms. The van der Waals surface area contributed by atoms with Gasteiger partial charge in [0.25, 0.3) is 0 Å². The molecule has 1 atom stereocenters. The lowest BCUT2D eigenvalue weighted by Crippen LogP contribution is -3.09. The van der Waals surface area contributed by atoms with Gasteiger partial charge in [0.05, 0.1) is 20.1 Å². The van der Waals surface area contributed by atoms with E-state index in [0.29, 0.717) is 0 Å². The summed E-state index contributed by atoms with van der Waals surface area (Å²) in [6, 6.07) is 0. The van der Waals surface area contributed by atoms with Crippen molar-refractivity contribution in [2.45, 2.75) is 12.8 Å². The highest BCUT2D eigenvalue weighted by Gasteiger charge is 2.06. The van der Waals surface area contributed by atoms with Gasteiger partial charge in [0.2, 0.25) is 0 Å². The molecule has 0 aromatic heterocycles. The van der Waals surface area contributed by atoms with Crippen LogP contribution in [0.15, 0.2) is 0 Å². The molecule has 1 aliphatic heterocycles. The van der Waals surface area contributed by atoms with E-state index < -0.39 is 0 Å². The predicted molar refractivity (Wildman–Crippen MR) is 30.2 cm³/mol. The summed E-state index contributed by atoms with van der Waals surface area (Å²) in [4.78, 5) is 1.66. The van der Waals surface area contributed by atoms with E-state index in [1.165, 1.54) is 25.9 Å². The second-order valence-electron chi connectivity index (χ2n) is 2.34. The Morgan fingerprint density at radius 1 is 1.57 bits per heavy atom. The van der Waals surface area contributed by atoms with E-state index in [-0.39, 0.29) is 0 Å². The Bertz CT molecular complexity index is 46.1. The molecular weight excluding hydrogens is 86.1 g/mol. The molecule has 1 unspecified atom stereocenters. The van der Waals surface area contributed by atoms with Gasteiger partial charge in [-0.3, -0.25) is 0 Å². The lowest BCUT2D eigenvalue weighted by molar-refractivity contribution is -0.879. The first-order chi connectivity index (χ1) is 3.39. The number of nitrogens with one attached hydrogen (secondary N) is 1. The van der Waals surface area contributed by atoms with Gasteiger partial charge in [0, 0.05) is 6.42 Å². The zero-order chi connectivity index (χ0) is 5.11. The molecule has 0 saturated carbocycles. The molecule has 1 heterocycles. The number of likely N-dealkylation sites (tertiary alicyclic amines) is 1. The van der Waals surface area contributed by atoms with Gasteiger partial charge in [0.15, 0.2) is 0 Å². The molecule has 0 amide bonds. The van der Waals surface area contributed by atoms with Crippen molar-refractivity contribution in [1.82, 2.24) is 0 Å². The van der Waals surface area contributed by atoms with Crippen molar-refractivity contribution >= 4 is 0 Å². The second kappa shape index (κ2) is 2.31. The summed E-state index contributed by atoms with van der Waals surface area (Å²) in [6.45, 7) is 2.65. The molecule has 0 aliphatic carbocycles. The summed E-state index contributed by atoms with van der Waals surface area (Å²) < 4.78 is 0. The maximum Gasteiger partial charge on any atom is 0.0802 e. The molecule has 0 aromatic rings. The van der Waals surface area contributed by atoms with Crippen LogP contribution in [0.3, 0.4) is 0 Å². The van der Waals surface area contributed by atoms with Crippen molar-refractivity contribution < 1.29 is 4.90 Å². The number of quaternary nitrogens is 1. The monoisotopic (exact) mass is 99.1 g/mol. The Hall–Kier alpha value is -0.0400. The van der Waals surface area contributed by atoms with Crippen molar-refractivity contribution in [1.29, 1.82) is 0 Å². The van der Waals surface area contributed by atoms with Crippen molar-refractivity contribution in [3.05, 3.63) is 6.42 Å². The number of hydrogen-bond acceptors (Lipinski definition) is 0. The zero-order valence-corrected chi connectivity index (χ0v) is 4.91. The fourth-order valence-electron chi connectivity index (χ4n) is 0.999. The SMILES string of the molecule is C[NH+]1C[CH]CCC1. The first-order valence-electron chi connectivity index (χ1n) is 3.02. The number of piperidine rings is 1. The molecule has 1 nitrogen and oxygen atoms in total. The predicted octanol–water partition coefficient (Wildman–Crippen LogP) is -0.501. The molecule has 1 N–H and O–H groups in total. The first-order valence-corrected chi connectivity index (χ1v) is 3.02. The molecule has 41 valence electrons. The van der Waals surface area contributed by atoms with Crippen molar-refractivity contribution in [2.24, 2.45) is 0 Å². The second-order valence-corrected chi connectivity index (χ2v) is 2.34. The molecule has 1 saturated heterocycles. The van der Waals surface area contributed by atoms with Crippen molar-refractivity contribution in [2.75, 3.05) is 20.1 Å². The van der Waals surface area contributed by atoms with Gasteiger partial charge in [0.1, 0.15) is 0 Å². The zero-order valence-electron chi connectivity index (χ0n) is 4.91. The van der Waals surface area contributed by atoms with E-state index in [9.17, 15) is 0 Å². The third-order valence-corrected chi connectivity index (χ3v) is 1.50. The normalized spacial score (nSPS) is 25.3. The Morgan fingerprint density at radius 2 is 2.43 bits per heavy atom. The average Bonchev–Trinajstić information content (AvgIpc) is 1.69. The first kappa shape index (κ1) is 5.10. The van der Waals surface area contributed by atoms with Gasteiger partial charge in [-0.15, -0.1) is 0 Å². The number of hydrogen-bond donors (Lipinski definition) is 1. The molecule has 1 heteroatoms. The molecule has 0 aromatic carbocycles. The van der Waals surface area contributed by atoms with Crippen LogP contribution in [-0.4, -0.2) is 20.1 Å². The minimum absolute atomic E-state index is 1.28.